The van der Waals surface area contributed by atoms with Crippen molar-refractivity contribution in [2.45, 2.75) is 19.4 Å². The van der Waals surface area contributed by atoms with Crippen LogP contribution in [0.2, 0.25) is 0 Å². The second-order valence-electron chi connectivity index (χ2n) is 7.24. The zero-order valence-electron chi connectivity index (χ0n) is 17.3. The van der Waals surface area contributed by atoms with Crippen LogP contribution in [0.3, 0.4) is 0 Å². The topological polar surface area (TPSA) is 78.4 Å². The summed E-state index contributed by atoms with van der Waals surface area (Å²) < 4.78 is 1.23. The third-order valence-electron chi connectivity index (χ3n) is 4.66. The van der Waals surface area contributed by atoms with Crippen molar-refractivity contribution in [3.63, 3.8) is 0 Å². The summed E-state index contributed by atoms with van der Waals surface area (Å²) in [5, 5.41) is 15.4. The van der Waals surface area contributed by atoms with Crippen molar-refractivity contribution in [3.8, 4) is 5.75 Å². The smallest absolute Gasteiger partial charge is 0.269 e. The lowest BCUT2D eigenvalue weighted by atomic mass is 10.1. The molecule has 1 atom stereocenters. The highest BCUT2D eigenvalue weighted by atomic mass is 79.9. The number of rotatable bonds is 7. The molecule has 0 saturated heterocycles. The minimum atomic E-state index is -0.426. The van der Waals surface area contributed by atoms with Gasteiger partial charge in [0.15, 0.2) is 0 Å². The Labute approximate surface area is 203 Å². The number of amides is 2. The number of aromatic hydroxyl groups is 1. The molecule has 2 amide bonds. The number of hydrogen-bond donors (Lipinski definition) is 3. The van der Waals surface area contributed by atoms with Crippen LogP contribution in [0.15, 0.2) is 89.0 Å². The molecular formula is C25H22Br2N2O3. The predicted octanol–water partition coefficient (Wildman–Crippen LogP) is 5.40. The number of hydrogen-bond acceptors (Lipinski definition) is 3. The molecule has 3 rings (SSSR count). The van der Waals surface area contributed by atoms with Gasteiger partial charge in [-0.05, 0) is 65.2 Å². The van der Waals surface area contributed by atoms with Crippen LogP contribution in [-0.2, 0) is 11.2 Å². The van der Waals surface area contributed by atoms with Crippen LogP contribution in [0.4, 0.5) is 0 Å². The molecule has 0 saturated carbocycles. The summed E-state index contributed by atoms with van der Waals surface area (Å²) in [4.78, 5) is 26.0. The summed E-state index contributed by atoms with van der Waals surface area (Å²) in [6.07, 6.45) is 0.521. The van der Waals surface area contributed by atoms with Gasteiger partial charge in [-0.3, -0.25) is 9.59 Å². The number of benzene rings is 3. The van der Waals surface area contributed by atoms with Gasteiger partial charge in [-0.25, -0.2) is 0 Å². The van der Waals surface area contributed by atoms with Gasteiger partial charge in [-0.2, -0.15) is 0 Å². The van der Waals surface area contributed by atoms with Crippen LogP contribution in [0.5, 0.6) is 5.75 Å². The third kappa shape index (κ3) is 6.31. The lowest BCUT2D eigenvalue weighted by Crippen LogP contribution is -2.40. The van der Waals surface area contributed by atoms with Gasteiger partial charge in [0.05, 0.1) is 4.48 Å². The van der Waals surface area contributed by atoms with Crippen molar-refractivity contribution in [2.75, 3.05) is 0 Å². The summed E-state index contributed by atoms with van der Waals surface area (Å²) >= 11 is 7.01. The molecule has 0 bridgehead atoms. The second kappa shape index (κ2) is 11.1. The van der Waals surface area contributed by atoms with Crippen molar-refractivity contribution < 1.29 is 14.7 Å². The van der Waals surface area contributed by atoms with E-state index in [1.807, 2.05) is 43.3 Å². The lowest BCUT2D eigenvalue weighted by molar-refractivity contribution is -0.118. The largest absolute Gasteiger partial charge is 0.508 e. The van der Waals surface area contributed by atoms with E-state index in [-0.39, 0.29) is 23.4 Å². The Morgan fingerprint density at radius 1 is 0.969 bits per heavy atom. The van der Waals surface area contributed by atoms with E-state index in [0.717, 1.165) is 15.6 Å². The summed E-state index contributed by atoms with van der Waals surface area (Å²) in [6.45, 7) is 1.87. The molecule has 3 aromatic rings. The first-order valence-corrected chi connectivity index (χ1v) is 11.5. The Kier molecular flexibility index (Phi) is 8.25. The molecule has 0 aliphatic rings. The molecule has 5 nitrogen and oxygen atoms in total. The highest BCUT2D eigenvalue weighted by Gasteiger charge is 2.21. The number of phenolic OH excluding ortho intramolecular Hbond substituents is 1. The van der Waals surface area contributed by atoms with E-state index in [9.17, 15) is 14.7 Å². The molecule has 3 aromatic carbocycles. The molecule has 7 heteroatoms. The first-order valence-electron chi connectivity index (χ1n) is 9.95. The molecule has 0 radical (unpaired) electrons. The fourth-order valence-electron chi connectivity index (χ4n) is 3.14. The number of halogens is 2. The Bertz CT molecular complexity index is 1150. The molecule has 0 aliphatic carbocycles. The van der Waals surface area contributed by atoms with Gasteiger partial charge in [0.25, 0.3) is 11.8 Å². The van der Waals surface area contributed by atoms with Crippen molar-refractivity contribution in [3.05, 3.63) is 106 Å². The molecule has 0 spiro atoms. The monoisotopic (exact) mass is 556 g/mol. The van der Waals surface area contributed by atoms with Crippen LogP contribution in [0, 0.1) is 0 Å². The molecule has 0 heterocycles. The van der Waals surface area contributed by atoms with Crippen molar-refractivity contribution >= 4 is 48.2 Å². The maximum absolute atomic E-state index is 13.2. The second-order valence-corrected chi connectivity index (χ2v) is 8.88. The molecule has 164 valence electrons. The molecule has 0 fully saturated rings. The highest BCUT2D eigenvalue weighted by molar-refractivity contribution is 9.15. The lowest BCUT2D eigenvalue weighted by Gasteiger charge is -2.18. The average Bonchev–Trinajstić information content (AvgIpc) is 2.77. The number of phenols is 1. The molecule has 3 N–H and O–H groups in total. The van der Waals surface area contributed by atoms with Crippen LogP contribution in [0.1, 0.15) is 28.4 Å². The zero-order valence-corrected chi connectivity index (χ0v) is 20.5. The molecule has 1 unspecified atom stereocenters. The summed E-state index contributed by atoms with van der Waals surface area (Å²) in [6, 6.07) is 22.8. The van der Waals surface area contributed by atoms with Gasteiger partial charge < -0.3 is 15.7 Å². The third-order valence-corrected chi connectivity index (χ3v) is 6.18. The fraction of sp³-hybridized carbons (Fsp3) is 0.120. The average molecular weight is 558 g/mol. The maximum Gasteiger partial charge on any atom is 0.269 e. The number of nitrogens with one attached hydrogen (secondary N) is 2. The van der Waals surface area contributed by atoms with E-state index in [1.54, 1.807) is 42.5 Å². The van der Waals surface area contributed by atoms with Crippen molar-refractivity contribution in [1.82, 2.24) is 10.6 Å². The van der Waals surface area contributed by atoms with Gasteiger partial charge in [-0.15, -0.1) is 0 Å². The van der Waals surface area contributed by atoms with E-state index >= 15 is 0 Å². The van der Waals surface area contributed by atoms with Gasteiger partial charge in [0.2, 0.25) is 0 Å². The van der Waals surface area contributed by atoms with Crippen molar-refractivity contribution in [1.29, 1.82) is 0 Å². The van der Waals surface area contributed by atoms with Gasteiger partial charge >= 0.3 is 0 Å². The normalized spacial score (nSPS) is 12.5. The van der Waals surface area contributed by atoms with E-state index in [0.29, 0.717) is 16.5 Å². The zero-order chi connectivity index (χ0) is 23.1. The Morgan fingerprint density at radius 3 is 2.34 bits per heavy atom. The van der Waals surface area contributed by atoms with E-state index < -0.39 is 5.91 Å². The number of carbonyl (C=O) groups is 2. The number of carbonyl (C=O) groups excluding carboxylic acids is 2. The minimum Gasteiger partial charge on any atom is -0.508 e. The molecule has 0 aromatic heterocycles. The maximum atomic E-state index is 13.2. The van der Waals surface area contributed by atoms with Gasteiger partial charge in [0.1, 0.15) is 11.4 Å². The molecular weight excluding hydrogens is 536 g/mol. The van der Waals surface area contributed by atoms with E-state index in [1.165, 1.54) is 0 Å². The molecule has 32 heavy (non-hydrogen) atoms. The van der Waals surface area contributed by atoms with Gasteiger partial charge in [-0.1, -0.05) is 64.5 Å². The van der Waals surface area contributed by atoms with Crippen LogP contribution in [-0.4, -0.2) is 23.0 Å². The Hall–Kier alpha value is -2.90. The fourth-order valence-corrected chi connectivity index (χ4v) is 4.52. The van der Waals surface area contributed by atoms with Crippen LogP contribution >= 0.6 is 31.9 Å². The van der Waals surface area contributed by atoms with E-state index in [4.69, 9.17) is 0 Å². The van der Waals surface area contributed by atoms with Crippen LogP contribution in [0.25, 0.3) is 4.48 Å². The minimum absolute atomic E-state index is 0.105. The first-order chi connectivity index (χ1) is 15.3. The quantitative estimate of drug-likeness (QED) is 0.340. The molecule has 0 aliphatic heterocycles. The van der Waals surface area contributed by atoms with Crippen LogP contribution < -0.4 is 10.6 Å². The van der Waals surface area contributed by atoms with Gasteiger partial charge in [0, 0.05) is 21.6 Å². The summed E-state index contributed by atoms with van der Waals surface area (Å²) in [7, 11) is 0. The highest BCUT2D eigenvalue weighted by Crippen LogP contribution is 2.31. The summed E-state index contributed by atoms with van der Waals surface area (Å²) in [5.41, 5.74) is 2.17. The summed E-state index contributed by atoms with van der Waals surface area (Å²) in [5.74, 6) is -0.640. The van der Waals surface area contributed by atoms with Crippen molar-refractivity contribution in [2.24, 2.45) is 0 Å². The van der Waals surface area contributed by atoms with E-state index in [2.05, 4.69) is 42.5 Å². The first kappa shape index (κ1) is 23.8. The Morgan fingerprint density at radius 2 is 1.66 bits per heavy atom. The predicted molar refractivity (Wildman–Crippen MR) is 133 cm³/mol. The Balaban J connectivity index is 1.87. The SMILES string of the molecule is CC(Cc1cccc(O)c1)NC(=O)/C(NC(=O)c1ccccc1)=C(\Br)c1ccccc1Br. The standard InChI is InChI=1S/C25H22Br2N2O3/c1-16(14-17-8-7-11-19(30)15-17)28-25(32)23(22(27)20-12-5-6-13-21(20)26)29-24(31)18-9-3-2-4-10-18/h2-13,15-16,30H,14H2,1H3,(H,28,32)(H,29,31)/b23-22+.